The zero-order chi connectivity index (χ0) is 18.4. The Kier molecular flexibility index (Phi) is 4.02. The van der Waals surface area contributed by atoms with Gasteiger partial charge in [0.05, 0.1) is 5.69 Å². The molecule has 0 saturated heterocycles. The van der Waals surface area contributed by atoms with Gasteiger partial charge in [-0.15, -0.1) is 0 Å². The van der Waals surface area contributed by atoms with Gasteiger partial charge in [-0.05, 0) is 73.2 Å². The van der Waals surface area contributed by atoms with Crippen LogP contribution in [0.15, 0.2) is 30.3 Å². The second-order valence-corrected chi connectivity index (χ2v) is 7.05. The first-order chi connectivity index (χ1) is 12.5. The molecule has 134 valence electrons. The number of rotatable bonds is 1. The molecule has 0 aliphatic carbocycles. The molecule has 2 amide bonds. The molecular weight excluding hydrogens is 331 g/mol. The molecule has 0 atom stereocenters. The van der Waals surface area contributed by atoms with E-state index in [-0.39, 0.29) is 17.6 Å². The molecule has 0 unspecified atom stereocenters. The van der Waals surface area contributed by atoms with Crippen LogP contribution in [0.3, 0.4) is 0 Å². The highest BCUT2D eigenvalue weighted by atomic mass is 19.1. The lowest BCUT2D eigenvalue weighted by Gasteiger charge is -2.31. The standard InChI is InChI=1S/C21H21FN2O2/c1-13-10-18(22)12-16-4-3-8-24(20(13)16)21(26)17-5-6-19-15(11-17)7-9-23(19)14(2)25/h5-6,10-12H,3-4,7-9H2,1-2H3. The molecule has 5 heteroatoms. The summed E-state index contributed by atoms with van der Waals surface area (Å²) in [7, 11) is 0. The minimum absolute atomic E-state index is 0.0189. The first kappa shape index (κ1) is 16.8. The summed E-state index contributed by atoms with van der Waals surface area (Å²) in [6.45, 7) is 4.70. The van der Waals surface area contributed by atoms with Gasteiger partial charge in [-0.25, -0.2) is 4.39 Å². The van der Waals surface area contributed by atoms with Crippen LogP contribution in [0.25, 0.3) is 0 Å². The van der Waals surface area contributed by atoms with E-state index in [2.05, 4.69) is 0 Å². The second kappa shape index (κ2) is 6.24. The van der Waals surface area contributed by atoms with Crippen LogP contribution in [0.2, 0.25) is 0 Å². The summed E-state index contributed by atoms with van der Waals surface area (Å²) in [6.07, 6.45) is 2.37. The van der Waals surface area contributed by atoms with Crippen LogP contribution in [0, 0.1) is 12.7 Å². The molecule has 0 fully saturated rings. The summed E-state index contributed by atoms with van der Waals surface area (Å²) in [4.78, 5) is 28.4. The van der Waals surface area contributed by atoms with Crippen molar-refractivity contribution in [2.75, 3.05) is 22.9 Å². The number of nitrogens with zero attached hydrogens (tertiary/aromatic N) is 2. The van der Waals surface area contributed by atoms with E-state index >= 15 is 0 Å². The highest BCUT2D eigenvalue weighted by Crippen LogP contribution is 2.34. The Morgan fingerprint density at radius 3 is 2.58 bits per heavy atom. The van der Waals surface area contributed by atoms with Crippen molar-refractivity contribution in [3.63, 3.8) is 0 Å². The van der Waals surface area contributed by atoms with Gasteiger partial charge in [-0.1, -0.05) is 0 Å². The largest absolute Gasteiger partial charge is 0.312 e. The Labute approximate surface area is 152 Å². The van der Waals surface area contributed by atoms with E-state index < -0.39 is 0 Å². The number of hydrogen-bond acceptors (Lipinski definition) is 2. The van der Waals surface area contributed by atoms with Gasteiger partial charge < -0.3 is 9.80 Å². The number of carbonyl (C=O) groups is 2. The number of halogens is 1. The van der Waals surface area contributed by atoms with Crippen LogP contribution in [-0.4, -0.2) is 24.9 Å². The van der Waals surface area contributed by atoms with Gasteiger partial charge in [0.2, 0.25) is 5.91 Å². The molecule has 4 rings (SSSR count). The fourth-order valence-corrected chi connectivity index (χ4v) is 4.14. The molecular formula is C21H21FN2O2. The summed E-state index contributed by atoms with van der Waals surface area (Å²) < 4.78 is 13.7. The van der Waals surface area contributed by atoms with Gasteiger partial charge in [0.25, 0.3) is 5.91 Å². The monoisotopic (exact) mass is 352 g/mol. The van der Waals surface area contributed by atoms with Crippen LogP contribution in [-0.2, 0) is 17.6 Å². The summed E-state index contributed by atoms with van der Waals surface area (Å²) in [5.74, 6) is -0.299. The Morgan fingerprint density at radius 1 is 1.00 bits per heavy atom. The number of benzene rings is 2. The molecule has 0 bridgehead atoms. The fraction of sp³-hybridized carbons (Fsp3) is 0.333. The maximum absolute atomic E-state index is 13.7. The molecule has 26 heavy (non-hydrogen) atoms. The maximum atomic E-state index is 13.7. The van der Waals surface area contributed by atoms with Crippen molar-refractivity contribution in [2.45, 2.75) is 33.1 Å². The quantitative estimate of drug-likeness (QED) is 0.786. The third-order valence-electron chi connectivity index (χ3n) is 5.29. The number of aryl methyl sites for hydroxylation is 2. The smallest absolute Gasteiger partial charge is 0.258 e. The number of hydrogen-bond donors (Lipinski definition) is 0. The predicted octanol–water partition coefficient (Wildman–Crippen LogP) is 3.64. The molecule has 0 aromatic heterocycles. The van der Waals surface area contributed by atoms with E-state index in [0.717, 1.165) is 47.3 Å². The fourth-order valence-electron chi connectivity index (χ4n) is 4.14. The summed E-state index contributed by atoms with van der Waals surface area (Å²) in [6, 6.07) is 8.57. The molecule has 2 aliphatic heterocycles. The molecule has 4 nitrogen and oxygen atoms in total. The Morgan fingerprint density at radius 2 is 1.81 bits per heavy atom. The van der Waals surface area contributed by atoms with Gasteiger partial charge in [-0.2, -0.15) is 0 Å². The van der Waals surface area contributed by atoms with Crippen molar-refractivity contribution in [1.29, 1.82) is 0 Å². The van der Waals surface area contributed by atoms with E-state index in [1.54, 1.807) is 22.8 Å². The summed E-state index contributed by atoms with van der Waals surface area (Å²) in [5, 5.41) is 0. The minimum Gasteiger partial charge on any atom is -0.312 e. The van der Waals surface area contributed by atoms with E-state index in [1.807, 2.05) is 19.1 Å². The minimum atomic E-state index is -0.252. The van der Waals surface area contributed by atoms with Crippen molar-refractivity contribution in [3.8, 4) is 0 Å². The third kappa shape index (κ3) is 2.68. The van der Waals surface area contributed by atoms with Gasteiger partial charge >= 0.3 is 0 Å². The topological polar surface area (TPSA) is 40.6 Å². The predicted molar refractivity (Wildman–Crippen MR) is 99.3 cm³/mol. The highest BCUT2D eigenvalue weighted by molar-refractivity contribution is 6.08. The van der Waals surface area contributed by atoms with Gasteiger partial charge in [0, 0.05) is 31.3 Å². The Hall–Kier alpha value is -2.69. The molecule has 2 aromatic rings. The normalized spacial score (nSPS) is 15.7. The lowest BCUT2D eigenvalue weighted by atomic mass is 9.97. The van der Waals surface area contributed by atoms with Crippen molar-refractivity contribution >= 4 is 23.2 Å². The summed E-state index contributed by atoms with van der Waals surface area (Å²) >= 11 is 0. The van der Waals surface area contributed by atoms with E-state index in [9.17, 15) is 14.0 Å². The third-order valence-corrected chi connectivity index (χ3v) is 5.29. The SMILES string of the molecule is CC(=O)N1CCc2cc(C(=O)N3CCCc4cc(F)cc(C)c43)ccc21. The van der Waals surface area contributed by atoms with Crippen LogP contribution in [0.1, 0.15) is 40.4 Å². The average molecular weight is 352 g/mol. The maximum Gasteiger partial charge on any atom is 0.258 e. The van der Waals surface area contributed by atoms with Crippen LogP contribution < -0.4 is 9.80 Å². The van der Waals surface area contributed by atoms with Gasteiger partial charge in [0.1, 0.15) is 5.82 Å². The Bertz CT molecular complexity index is 922. The number of anilines is 2. The average Bonchev–Trinajstić information content (AvgIpc) is 3.03. The number of fused-ring (bicyclic) bond motifs is 2. The van der Waals surface area contributed by atoms with E-state index in [0.29, 0.717) is 18.7 Å². The molecule has 0 N–H and O–H groups in total. The van der Waals surface area contributed by atoms with Crippen molar-refractivity contribution in [1.82, 2.24) is 0 Å². The van der Waals surface area contributed by atoms with Crippen molar-refractivity contribution < 1.29 is 14.0 Å². The zero-order valence-electron chi connectivity index (χ0n) is 15.0. The van der Waals surface area contributed by atoms with Crippen LogP contribution in [0.4, 0.5) is 15.8 Å². The first-order valence-corrected chi connectivity index (χ1v) is 8.97. The molecule has 2 aliphatic rings. The number of carbonyl (C=O) groups excluding carboxylic acids is 2. The summed E-state index contributed by atoms with van der Waals surface area (Å²) in [5.41, 5.74) is 5.06. The lowest BCUT2D eigenvalue weighted by Crippen LogP contribution is -2.36. The highest BCUT2D eigenvalue weighted by Gasteiger charge is 2.28. The Balaban J connectivity index is 1.69. The zero-order valence-corrected chi connectivity index (χ0v) is 15.0. The van der Waals surface area contributed by atoms with Gasteiger partial charge in [0.15, 0.2) is 0 Å². The van der Waals surface area contributed by atoms with Crippen LogP contribution >= 0.6 is 0 Å². The first-order valence-electron chi connectivity index (χ1n) is 8.97. The molecule has 0 spiro atoms. The van der Waals surface area contributed by atoms with Gasteiger partial charge in [-0.3, -0.25) is 9.59 Å². The lowest BCUT2D eigenvalue weighted by molar-refractivity contribution is -0.116. The molecule has 2 heterocycles. The van der Waals surface area contributed by atoms with Crippen LogP contribution in [0.5, 0.6) is 0 Å². The van der Waals surface area contributed by atoms with Crippen molar-refractivity contribution in [3.05, 3.63) is 58.4 Å². The van der Waals surface area contributed by atoms with Crippen molar-refractivity contribution in [2.24, 2.45) is 0 Å². The molecule has 0 saturated carbocycles. The molecule has 0 radical (unpaired) electrons. The molecule has 2 aromatic carbocycles. The second-order valence-electron chi connectivity index (χ2n) is 7.05. The number of amides is 2. The van der Waals surface area contributed by atoms with E-state index in [4.69, 9.17) is 0 Å². The van der Waals surface area contributed by atoms with E-state index in [1.165, 1.54) is 12.1 Å².